The van der Waals surface area contributed by atoms with Crippen LogP contribution in [0, 0.1) is 0 Å². The Morgan fingerprint density at radius 2 is 2.03 bits per heavy atom. The summed E-state index contributed by atoms with van der Waals surface area (Å²) in [4.78, 5) is 16.2. The van der Waals surface area contributed by atoms with E-state index < -0.39 is 30.0 Å². The van der Waals surface area contributed by atoms with Crippen LogP contribution in [0.15, 0.2) is 36.4 Å². The van der Waals surface area contributed by atoms with Crippen molar-refractivity contribution in [3.05, 3.63) is 47.5 Å². The zero-order chi connectivity index (χ0) is 24.5. The zero-order valence-corrected chi connectivity index (χ0v) is 20.7. The third-order valence-electron chi connectivity index (χ3n) is 4.75. The molecule has 1 aromatic heterocycles. The summed E-state index contributed by atoms with van der Waals surface area (Å²) in [6, 6.07) is 9.23. The Morgan fingerprint density at radius 3 is 2.76 bits per heavy atom. The van der Waals surface area contributed by atoms with E-state index in [0.29, 0.717) is 5.95 Å². The number of alkyl halides is 3. The van der Waals surface area contributed by atoms with Gasteiger partial charge < -0.3 is 18.9 Å². The normalized spacial score (nSPS) is 12.7. The molecular weight excluding hydrogens is 564 g/mol. The molecule has 0 saturated heterocycles. The van der Waals surface area contributed by atoms with E-state index in [4.69, 9.17) is 4.74 Å². The molecule has 0 bridgehead atoms. The van der Waals surface area contributed by atoms with E-state index in [1.54, 1.807) is 20.9 Å². The Balaban J connectivity index is 1.57. The highest BCUT2D eigenvalue weighted by Crippen LogP contribution is 2.38. The van der Waals surface area contributed by atoms with Crippen LogP contribution >= 0.6 is 21.0 Å². The average Bonchev–Trinajstić information content (AvgIpc) is 3.37. The number of nitrogens with zero attached hydrogens (tertiary/aromatic N) is 3. The molecule has 1 aliphatic rings. The maximum Gasteiger partial charge on any atom is 0.419 e. The van der Waals surface area contributed by atoms with Crippen molar-refractivity contribution in [2.75, 3.05) is 15.5 Å². The van der Waals surface area contributed by atoms with Crippen LogP contribution in [0.4, 0.5) is 30.5 Å². The molecule has 3 N–H and O–H groups in total. The minimum absolute atomic E-state index is 0.125. The van der Waals surface area contributed by atoms with Crippen molar-refractivity contribution in [2.24, 2.45) is 7.05 Å². The number of hydrogen-bond donors (Lipinski definition) is 3. The Kier molecular flexibility index (Phi) is 6.77. The number of halogens is 4. The summed E-state index contributed by atoms with van der Waals surface area (Å²) in [6.07, 6.45) is -4.69. The zero-order valence-electron chi connectivity index (χ0n) is 18.5. The largest absolute Gasteiger partial charge is 0.483 e. The minimum atomic E-state index is -4.69. The molecule has 0 unspecified atom stereocenters. The van der Waals surface area contributed by atoms with Crippen LogP contribution in [0.5, 0.6) is 5.75 Å². The Morgan fingerprint density at radius 1 is 1.24 bits per heavy atom. The lowest BCUT2D eigenvalue weighted by Gasteiger charge is -2.15. The molecule has 1 aliphatic heterocycles. The Bertz CT molecular complexity index is 1260. The van der Waals surface area contributed by atoms with E-state index >= 15 is 0 Å². The van der Waals surface area contributed by atoms with Crippen LogP contribution in [0.25, 0.3) is 11.4 Å². The average molecular weight is 586 g/mol. The van der Waals surface area contributed by atoms with Gasteiger partial charge in [0, 0.05) is 29.9 Å². The molecule has 8 nitrogen and oxygen atoms in total. The van der Waals surface area contributed by atoms with Gasteiger partial charge in [-0.1, -0.05) is 0 Å². The van der Waals surface area contributed by atoms with Crippen molar-refractivity contribution in [1.29, 1.82) is 0 Å². The number of anilines is 3. The first kappa shape index (κ1) is 24.0. The van der Waals surface area contributed by atoms with Gasteiger partial charge in [0.25, 0.3) is 5.91 Å². The third-order valence-corrected chi connectivity index (χ3v) is 6.63. The Labute approximate surface area is 204 Å². The van der Waals surface area contributed by atoms with E-state index in [1.807, 2.05) is 18.2 Å². The molecule has 0 atom stereocenters. The summed E-state index contributed by atoms with van der Waals surface area (Å²) in [5.74, 6) is -0.430. The van der Waals surface area contributed by atoms with Gasteiger partial charge in [0.1, 0.15) is 5.75 Å². The standard InChI is InChI=1S/C22H22F3IN6O2/c1-12(2)27-19(33)11-34-18-7-4-13(9-16(18)22(23,24)25)20-29-21(32(3)31-20)28-15-5-6-17-14(8-15)10-26-30-17/h4-10,12,30H,11H2,1-3H3,(H,27,33)(H,28,29,31). The lowest BCUT2D eigenvalue weighted by atomic mass is 10.1. The van der Waals surface area contributed by atoms with Crippen molar-refractivity contribution in [3.8, 4) is 17.1 Å². The fraction of sp³-hybridized carbons (Fsp3) is 0.273. The van der Waals surface area contributed by atoms with Gasteiger partial charge in [0.15, 0.2) is 12.4 Å². The van der Waals surface area contributed by atoms with Gasteiger partial charge in [0.2, 0.25) is 5.95 Å². The number of ether oxygens (including phenoxy) is 1. The van der Waals surface area contributed by atoms with Gasteiger partial charge in [-0.05, 0) is 75.3 Å². The highest BCUT2D eigenvalue weighted by Gasteiger charge is 2.35. The number of amides is 1. The fourth-order valence-corrected chi connectivity index (χ4v) is 5.06. The number of carbonyl (C=O) groups excluding carboxylic acids is 1. The van der Waals surface area contributed by atoms with Crippen LogP contribution in [0.2, 0.25) is 0 Å². The molecule has 0 aliphatic carbocycles. The molecule has 2 aromatic carbocycles. The van der Waals surface area contributed by atoms with E-state index in [1.165, 1.54) is 16.8 Å². The molecule has 34 heavy (non-hydrogen) atoms. The molecule has 3 aromatic rings. The van der Waals surface area contributed by atoms with Crippen LogP contribution in [0.1, 0.15) is 25.0 Å². The lowest BCUT2D eigenvalue weighted by molar-refractivity contribution is -0.139. The summed E-state index contributed by atoms with van der Waals surface area (Å²) < 4.78 is 53.3. The topological polar surface area (TPSA) is 93.1 Å². The smallest absolute Gasteiger partial charge is 0.419 e. The number of fused-ring (bicyclic) bond motifs is 1. The van der Waals surface area contributed by atoms with Crippen molar-refractivity contribution in [3.63, 3.8) is 0 Å². The van der Waals surface area contributed by atoms with Gasteiger partial charge in [0.05, 0.1) is 11.3 Å². The van der Waals surface area contributed by atoms with Gasteiger partial charge in [-0.25, -0.2) is 4.68 Å². The summed E-state index contributed by atoms with van der Waals surface area (Å²) in [7, 11) is 1.65. The van der Waals surface area contributed by atoms with Gasteiger partial charge in [-0.2, -0.15) is 18.2 Å². The first-order valence-electron chi connectivity index (χ1n) is 10.3. The number of rotatable bonds is 7. The highest BCUT2D eigenvalue weighted by molar-refractivity contribution is 14.2. The minimum Gasteiger partial charge on any atom is -0.483 e. The number of aromatic nitrogens is 3. The highest BCUT2D eigenvalue weighted by atomic mass is 127. The SMILES string of the molecule is CC(C)NC(=O)COc1ccc(-c2nc(Nc3ccc4c(c3)C=IN4)n(C)n2)cc1C(F)(F)F. The van der Waals surface area contributed by atoms with E-state index in [-0.39, 0.29) is 38.4 Å². The predicted molar refractivity (Wildman–Crippen MR) is 133 cm³/mol. The van der Waals surface area contributed by atoms with Gasteiger partial charge in [-0.15, -0.1) is 5.10 Å². The fourth-order valence-electron chi connectivity index (χ4n) is 3.23. The molecule has 0 radical (unpaired) electrons. The first-order chi connectivity index (χ1) is 16.1. The number of nitrogens with one attached hydrogen (secondary N) is 3. The molecule has 4 rings (SSSR count). The quantitative estimate of drug-likeness (QED) is 0.277. The van der Waals surface area contributed by atoms with Gasteiger partial charge in [-0.3, -0.25) is 4.79 Å². The molecule has 2 heterocycles. The molecule has 0 saturated carbocycles. The monoisotopic (exact) mass is 586 g/mol. The number of aryl methyl sites for hydroxylation is 1. The molecular formula is C22H22F3IN6O2. The molecule has 12 heteroatoms. The van der Waals surface area contributed by atoms with Crippen molar-refractivity contribution >= 4 is 48.2 Å². The second-order valence-electron chi connectivity index (χ2n) is 7.84. The maximum atomic E-state index is 13.7. The first-order valence-corrected chi connectivity index (χ1v) is 12.6. The van der Waals surface area contributed by atoms with Gasteiger partial charge >= 0.3 is 6.18 Å². The second kappa shape index (κ2) is 9.60. The van der Waals surface area contributed by atoms with E-state index in [9.17, 15) is 18.0 Å². The number of carbonyl (C=O) groups is 1. The summed E-state index contributed by atoms with van der Waals surface area (Å²) in [5, 5.41) is 10.00. The van der Waals surface area contributed by atoms with E-state index in [2.05, 4.69) is 28.3 Å². The van der Waals surface area contributed by atoms with Crippen LogP contribution < -0.4 is 18.9 Å². The number of benzene rings is 2. The predicted octanol–water partition coefficient (Wildman–Crippen LogP) is 4.61. The van der Waals surface area contributed by atoms with Crippen molar-refractivity contribution in [2.45, 2.75) is 26.1 Å². The number of hydrogen-bond acceptors (Lipinski definition) is 6. The molecule has 0 fully saturated rings. The lowest BCUT2D eigenvalue weighted by Crippen LogP contribution is -2.34. The summed E-state index contributed by atoms with van der Waals surface area (Å²) in [5.41, 5.74) is 2.15. The van der Waals surface area contributed by atoms with Crippen LogP contribution in [0.3, 0.4) is 0 Å². The second-order valence-corrected chi connectivity index (χ2v) is 9.63. The summed E-state index contributed by atoms with van der Waals surface area (Å²) >= 11 is -0.181. The Hall–Kier alpha value is -3.16. The molecule has 180 valence electrons. The van der Waals surface area contributed by atoms with Crippen LogP contribution in [-0.2, 0) is 18.0 Å². The summed E-state index contributed by atoms with van der Waals surface area (Å²) in [6.45, 7) is 2.97. The maximum absolute atomic E-state index is 13.7. The van der Waals surface area contributed by atoms with E-state index in [0.717, 1.165) is 23.0 Å². The molecule has 1 amide bonds. The third kappa shape index (κ3) is 5.48. The molecule has 0 spiro atoms. The van der Waals surface area contributed by atoms with Crippen LogP contribution in [-0.4, -0.2) is 37.3 Å². The van der Waals surface area contributed by atoms with Crippen molar-refractivity contribution in [1.82, 2.24) is 20.1 Å². The van der Waals surface area contributed by atoms with Crippen molar-refractivity contribution < 1.29 is 22.7 Å².